The molecule has 0 radical (unpaired) electrons. The van der Waals surface area contributed by atoms with E-state index >= 15 is 0 Å². The molecule has 112 valence electrons. The van der Waals surface area contributed by atoms with Crippen LogP contribution in [-0.4, -0.2) is 34.6 Å². The number of nitrogens with one attached hydrogen (secondary N) is 2. The molecule has 1 amide bonds. The first-order chi connectivity index (χ1) is 10.2. The number of aromatic nitrogens is 2. The van der Waals surface area contributed by atoms with Gasteiger partial charge < -0.3 is 10.6 Å². The van der Waals surface area contributed by atoms with Crippen molar-refractivity contribution < 1.29 is 4.79 Å². The lowest BCUT2D eigenvalue weighted by Gasteiger charge is -2.23. The molecule has 0 bridgehead atoms. The number of carbonyl (C=O) groups excluding carboxylic acids is 1. The van der Waals surface area contributed by atoms with Crippen LogP contribution < -0.4 is 10.6 Å². The maximum atomic E-state index is 12.5. The highest BCUT2D eigenvalue weighted by molar-refractivity contribution is 7.12. The van der Waals surface area contributed by atoms with Crippen molar-refractivity contribution in [2.45, 2.75) is 32.7 Å². The van der Waals surface area contributed by atoms with Crippen LogP contribution >= 0.6 is 11.3 Å². The molecule has 2 aromatic heterocycles. The zero-order valence-electron chi connectivity index (χ0n) is 12.3. The van der Waals surface area contributed by atoms with Crippen LogP contribution in [0.2, 0.25) is 0 Å². The van der Waals surface area contributed by atoms with Crippen LogP contribution in [0.1, 0.15) is 34.6 Å². The first-order valence-electron chi connectivity index (χ1n) is 7.27. The summed E-state index contributed by atoms with van der Waals surface area (Å²) in [6.45, 7) is 5.94. The number of hydrogen-bond acceptors (Lipinski definition) is 4. The molecule has 5 nitrogen and oxygen atoms in total. The molecular weight excluding hydrogens is 284 g/mol. The molecule has 0 saturated carbocycles. The average Bonchev–Trinajstić information content (AvgIpc) is 3.08. The Balaban J connectivity index is 1.82. The van der Waals surface area contributed by atoms with Crippen molar-refractivity contribution >= 4 is 17.2 Å². The minimum atomic E-state index is 0.0257. The maximum Gasteiger partial charge on any atom is 0.253 e. The Labute approximate surface area is 128 Å². The second-order valence-corrected chi connectivity index (χ2v) is 6.31. The molecule has 0 aromatic carbocycles. The van der Waals surface area contributed by atoms with Gasteiger partial charge in [0.05, 0.1) is 5.56 Å². The molecule has 1 fully saturated rings. The Hall–Kier alpha value is -1.66. The number of nitrogens with zero attached hydrogens (tertiary/aromatic N) is 2. The van der Waals surface area contributed by atoms with E-state index in [1.54, 1.807) is 17.5 Å². The van der Waals surface area contributed by atoms with Gasteiger partial charge in [0, 0.05) is 29.0 Å². The molecule has 3 heterocycles. The fourth-order valence-electron chi connectivity index (χ4n) is 2.84. The number of carbonyl (C=O) groups is 1. The third-order valence-electron chi connectivity index (χ3n) is 3.96. The Morgan fingerprint density at radius 1 is 1.43 bits per heavy atom. The van der Waals surface area contributed by atoms with Crippen molar-refractivity contribution in [2.24, 2.45) is 0 Å². The number of aryl methyl sites for hydroxylation is 1. The Morgan fingerprint density at radius 2 is 2.19 bits per heavy atom. The first-order valence-corrected chi connectivity index (χ1v) is 8.15. The lowest BCUT2D eigenvalue weighted by atomic mass is 10.1. The number of amides is 1. The van der Waals surface area contributed by atoms with E-state index in [-0.39, 0.29) is 11.9 Å². The van der Waals surface area contributed by atoms with Gasteiger partial charge in [-0.15, -0.1) is 11.3 Å². The molecule has 0 aliphatic carbocycles. The van der Waals surface area contributed by atoms with Gasteiger partial charge in [-0.1, -0.05) is 0 Å². The van der Waals surface area contributed by atoms with Crippen LogP contribution in [0.25, 0.3) is 5.13 Å². The summed E-state index contributed by atoms with van der Waals surface area (Å²) in [5.41, 5.74) is 2.74. The summed E-state index contributed by atoms with van der Waals surface area (Å²) in [5, 5.41) is 9.32. The SMILES string of the molecule is Cc1cc(C(=O)NC2CCNCC2)c(C)n1-c1nccs1. The van der Waals surface area contributed by atoms with Gasteiger partial charge in [0.25, 0.3) is 5.91 Å². The van der Waals surface area contributed by atoms with Crippen LogP contribution in [0, 0.1) is 13.8 Å². The largest absolute Gasteiger partial charge is 0.349 e. The van der Waals surface area contributed by atoms with Crippen molar-refractivity contribution in [1.29, 1.82) is 0 Å². The van der Waals surface area contributed by atoms with Gasteiger partial charge in [-0.3, -0.25) is 9.36 Å². The van der Waals surface area contributed by atoms with Gasteiger partial charge in [-0.05, 0) is 45.8 Å². The first kappa shape index (κ1) is 14.3. The third-order valence-corrected chi connectivity index (χ3v) is 4.72. The van der Waals surface area contributed by atoms with Gasteiger partial charge in [0.1, 0.15) is 0 Å². The molecule has 3 rings (SSSR count). The van der Waals surface area contributed by atoms with Gasteiger partial charge in [-0.2, -0.15) is 0 Å². The number of thiazole rings is 1. The summed E-state index contributed by atoms with van der Waals surface area (Å²) in [4.78, 5) is 16.8. The molecule has 2 N–H and O–H groups in total. The second-order valence-electron chi connectivity index (χ2n) is 5.43. The van der Waals surface area contributed by atoms with Crippen LogP contribution in [-0.2, 0) is 0 Å². The van der Waals surface area contributed by atoms with Gasteiger partial charge in [0.15, 0.2) is 5.13 Å². The zero-order chi connectivity index (χ0) is 14.8. The second kappa shape index (κ2) is 5.99. The van der Waals surface area contributed by atoms with Crippen molar-refractivity contribution in [3.05, 3.63) is 34.6 Å². The number of hydrogen-bond donors (Lipinski definition) is 2. The minimum absolute atomic E-state index is 0.0257. The summed E-state index contributed by atoms with van der Waals surface area (Å²) in [6.07, 6.45) is 3.78. The van der Waals surface area contributed by atoms with E-state index in [0.29, 0.717) is 0 Å². The molecule has 1 saturated heterocycles. The van der Waals surface area contributed by atoms with Gasteiger partial charge >= 0.3 is 0 Å². The van der Waals surface area contributed by atoms with Gasteiger partial charge in [0.2, 0.25) is 0 Å². The highest BCUT2D eigenvalue weighted by Crippen LogP contribution is 2.22. The van der Waals surface area contributed by atoms with Crippen molar-refractivity contribution in [3.63, 3.8) is 0 Å². The monoisotopic (exact) mass is 304 g/mol. The summed E-state index contributed by atoms with van der Waals surface area (Å²) in [7, 11) is 0. The van der Waals surface area contributed by atoms with Crippen molar-refractivity contribution in [3.8, 4) is 5.13 Å². The Kier molecular flexibility index (Phi) is 4.07. The van der Waals surface area contributed by atoms with E-state index in [4.69, 9.17) is 0 Å². The molecule has 6 heteroatoms. The standard InChI is InChI=1S/C15H20N4OS/c1-10-9-13(11(2)19(10)15-17-7-8-21-15)14(20)18-12-3-5-16-6-4-12/h7-9,12,16H,3-6H2,1-2H3,(H,18,20). The van der Waals surface area contributed by atoms with Crippen LogP contribution in [0.5, 0.6) is 0 Å². The fraction of sp³-hybridized carbons (Fsp3) is 0.467. The highest BCUT2D eigenvalue weighted by atomic mass is 32.1. The quantitative estimate of drug-likeness (QED) is 0.912. The van der Waals surface area contributed by atoms with Gasteiger partial charge in [-0.25, -0.2) is 4.98 Å². The van der Waals surface area contributed by atoms with E-state index in [9.17, 15) is 4.79 Å². The van der Waals surface area contributed by atoms with Crippen LogP contribution in [0.3, 0.4) is 0 Å². The average molecular weight is 304 g/mol. The molecule has 0 spiro atoms. The Bertz CT molecular complexity index is 626. The number of rotatable bonds is 3. The molecular formula is C15H20N4OS. The summed E-state index contributed by atoms with van der Waals surface area (Å²) in [6, 6.07) is 2.23. The Morgan fingerprint density at radius 3 is 2.86 bits per heavy atom. The normalized spacial score (nSPS) is 16.1. The van der Waals surface area contributed by atoms with E-state index in [1.165, 1.54) is 0 Å². The van der Waals surface area contributed by atoms with E-state index < -0.39 is 0 Å². The van der Waals surface area contributed by atoms with E-state index in [2.05, 4.69) is 15.6 Å². The summed E-state index contributed by atoms with van der Waals surface area (Å²) < 4.78 is 2.04. The lowest BCUT2D eigenvalue weighted by molar-refractivity contribution is 0.0929. The smallest absolute Gasteiger partial charge is 0.253 e. The van der Waals surface area contributed by atoms with E-state index in [0.717, 1.165) is 48.0 Å². The topological polar surface area (TPSA) is 59.0 Å². The highest BCUT2D eigenvalue weighted by Gasteiger charge is 2.21. The molecule has 1 aliphatic rings. The van der Waals surface area contributed by atoms with Crippen LogP contribution in [0.4, 0.5) is 0 Å². The summed E-state index contributed by atoms with van der Waals surface area (Å²) >= 11 is 1.58. The molecule has 2 aromatic rings. The fourth-order valence-corrected chi connectivity index (χ4v) is 3.59. The van der Waals surface area contributed by atoms with Crippen molar-refractivity contribution in [2.75, 3.05) is 13.1 Å². The van der Waals surface area contributed by atoms with Crippen LogP contribution in [0.15, 0.2) is 17.6 Å². The zero-order valence-corrected chi connectivity index (χ0v) is 13.2. The summed E-state index contributed by atoms with van der Waals surface area (Å²) in [5.74, 6) is 0.0257. The molecule has 21 heavy (non-hydrogen) atoms. The molecule has 0 unspecified atom stereocenters. The number of piperidine rings is 1. The third kappa shape index (κ3) is 2.87. The molecule has 1 aliphatic heterocycles. The predicted molar refractivity (Wildman–Crippen MR) is 84.3 cm³/mol. The molecule has 0 atom stereocenters. The van der Waals surface area contributed by atoms with Crippen molar-refractivity contribution in [1.82, 2.24) is 20.2 Å². The maximum absolute atomic E-state index is 12.5. The minimum Gasteiger partial charge on any atom is -0.349 e. The van der Waals surface area contributed by atoms with E-state index in [1.807, 2.05) is 29.9 Å². The lowest BCUT2D eigenvalue weighted by Crippen LogP contribution is -2.42. The predicted octanol–water partition coefficient (Wildman–Crippen LogP) is 2.03.